The zero-order valence-electron chi connectivity index (χ0n) is 15.0. The molecule has 0 bridgehead atoms. The number of hydrogen-bond acceptors (Lipinski definition) is 4. The summed E-state index contributed by atoms with van der Waals surface area (Å²) in [4.78, 5) is 16.8. The van der Waals surface area contributed by atoms with Crippen LogP contribution in [0.4, 0.5) is 0 Å². The van der Waals surface area contributed by atoms with Gasteiger partial charge in [0, 0.05) is 23.3 Å². The van der Waals surface area contributed by atoms with E-state index in [1.54, 1.807) is 31.5 Å². The predicted molar refractivity (Wildman–Crippen MR) is 101 cm³/mol. The van der Waals surface area contributed by atoms with E-state index in [-0.39, 0.29) is 18.1 Å². The van der Waals surface area contributed by atoms with E-state index in [9.17, 15) is 4.79 Å². The van der Waals surface area contributed by atoms with Gasteiger partial charge >= 0.3 is 0 Å². The van der Waals surface area contributed by atoms with Crippen LogP contribution in [0.1, 0.15) is 41.6 Å². The second-order valence-corrected chi connectivity index (χ2v) is 7.02. The van der Waals surface area contributed by atoms with Crippen molar-refractivity contribution in [1.29, 1.82) is 0 Å². The molecular formula is C20H23ClN2O3. The normalized spacial score (nSPS) is 19.7. The molecule has 0 saturated heterocycles. The van der Waals surface area contributed by atoms with E-state index in [0.29, 0.717) is 22.2 Å². The fourth-order valence-corrected chi connectivity index (χ4v) is 3.31. The lowest BCUT2D eigenvalue weighted by molar-refractivity contribution is 0.0887. The lowest BCUT2D eigenvalue weighted by Gasteiger charge is -2.29. The number of ether oxygens (including phenoxy) is 2. The zero-order valence-corrected chi connectivity index (χ0v) is 15.8. The van der Waals surface area contributed by atoms with E-state index in [1.807, 2.05) is 19.1 Å². The van der Waals surface area contributed by atoms with E-state index in [0.717, 1.165) is 31.2 Å². The van der Waals surface area contributed by atoms with Gasteiger partial charge in [0.1, 0.15) is 11.9 Å². The summed E-state index contributed by atoms with van der Waals surface area (Å²) >= 11 is 6.01. The lowest BCUT2D eigenvalue weighted by Crippen LogP contribution is -2.39. The van der Waals surface area contributed by atoms with Crippen molar-refractivity contribution in [2.75, 3.05) is 7.11 Å². The molecule has 0 radical (unpaired) electrons. The number of pyridine rings is 1. The van der Waals surface area contributed by atoms with Crippen molar-refractivity contribution in [3.8, 4) is 11.6 Å². The summed E-state index contributed by atoms with van der Waals surface area (Å²) in [6.07, 6.45) is 5.44. The number of aryl methyl sites for hydroxylation is 1. The minimum Gasteiger partial charge on any atom is -0.496 e. The molecule has 0 atom stereocenters. The summed E-state index contributed by atoms with van der Waals surface area (Å²) in [6, 6.07) is 9.06. The Balaban J connectivity index is 1.53. The van der Waals surface area contributed by atoms with Gasteiger partial charge in [0.05, 0.1) is 12.7 Å². The van der Waals surface area contributed by atoms with Gasteiger partial charge < -0.3 is 14.8 Å². The molecule has 0 spiro atoms. The van der Waals surface area contributed by atoms with Crippen molar-refractivity contribution in [3.63, 3.8) is 0 Å². The van der Waals surface area contributed by atoms with Crippen LogP contribution in [-0.2, 0) is 0 Å². The summed E-state index contributed by atoms with van der Waals surface area (Å²) in [5.41, 5.74) is 1.57. The van der Waals surface area contributed by atoms with Crippen molar-refractivity contribution in [2.45, 2.75) is 44.8 Å². The van der Waals surface area contributed by atoms with Crippen molar-refractivity contribution in [1.82, 2.24) is 10.3 Å². The fraction of sp³-hybridized carbons (Fsp3) is 0.400. The Labute approximate surface area is 158 Å². The van der Waals surface area contributed by atoms with Gasteiger partial charge in [-0.15, -0.1) is 0 Å². The number of carbonyl (C=O) groups excluding carboxylic acids is 1. The van der Waals surface area contributed by atoms with Crippen LogP contribution < -0.4 is 14.8 Å². The first kappa shape index (κ1) is 18.5. The Kier molecular flexibility index (Phi) is 5.99. The Morgan fingerprint density at radius 2 is 1.96 bits per heavy atom. The Hall–Kier alpha value is -2.27. The maximum Gasteiger partial charge on any atom is 0.255 e. The van der Waals surface area contributed by atoms with Crippen molar-refractivity contribution < 1.29 is 14.3 Å². The monoisotopic (exact) mass is 374 g/mol. The molecule has 1 N–H and O–H groups in total. The highest BCUT2D eigenvalue weighted by atomic mass is 35.5. The van der Waals surface area contributed by atoms with Gasteiger partial charge in [0.2, 0.25) is 5.88 Å². The molecule has 1 amide bonds. The first-order chi connectivity index (χ1) is 12.5. The summed E-state index contributed by atoms with van der Waals surface area (Å²) in [5, 5.41) is 3.59. The molecular weight excluding hydrogens is 352 g/mol. The van der Waals surface area contributed by atoms with Crippen LogP contribution in [-0.4, -0.2) is 30.1 Å². The lowest BCUT2D eigenvalue weighted by atomic mass is 9.92. The smallest absolute Gasteiger partial charge is 0.255 e. The molecule has 1 aromatic heterocycles. The molecule has 5 nitrogen and oxygen atoms in total. The highest BCUT2D eigenvalue weighted by molar-refractivity contribution is 6.31. The molecule has 1 heterocycles. The summed E-state index contributed by atoms with van der Waals surface area (Å²) < 4.78 is 11.2. The van der Waals surface area contributed by atoms with Crippen molar-refractivity contribution in [2.24, 2.45) is 0 Å². The highest BCUT2D eigenvalue weighted by Gasteiger charge is 2.25. The molecule has 0 unspecified atom stereocenters. The number of nitrogens with zero attached hydrogens (tertiary/aromatic N) is 1. The predicted octanol–water partition coefficient (Wildman–Crippen LogP) is 4.17. The number of aromatic nitrogens is 1. The van der Waals surface area contributed by atoms with Gasteiger partial charge in [-0.1, -0.05) is 17.7 Å². The summed E-state index contributed by atoms with van der Waals surface area (Å²) in [5.74, 6) is 1.02. The molecule has 1 aromatic carbocycles. The van der Waals surface area contributed by atoms with E-state index >= 15 is 0 Å². The van der Waals surface area contributed by atoms with E-state index in [1.165, 1.54) is 0 Å². The number of halogens is 1. The van der Waals surface area contributed by atoms with E-state index in [2.05, 4.69) is 10.3 Å². The van der Waals surface area contributed by atoms with Gasteiger partial charge in [-0.25, -0.2) is 4.98 Å². The average molecular weight is 375 g/mol. The van der Waals surface area contributed by atoms with Crippen LogP contribution in [0, 0.1) is 6.92 Å². The molecule has 6 heteroatoms. The van der Waals surface area contributed by atoms with Crippen LogP contribution >= 0.6 is 11.6 Å². The summed E-state index contributed by atoms with van der Waals surface area (Å²) in [7, 11) is 1.54. The number of rotatable bonds is 5. The van der Waals surface area contributed by atoms with Crippen molar-refractivity contribution in [3.05, 3.63) is 52.7 Å². The molecule has 0 aliphatic heterocycles. The molecule has 138 valence electrons. The SMILES string of the molecule is COc1ccc(Cl)cc1C(=O)NC1CCC(Oc2ccc(C)cn2)CC1. The first-order valence-corrected chi connectivity index (χ1v) is 9.16. The van der Waals surface area contributed by atoms with Gasteiger partial charge in [-0.2, -0.15) is 0 Å². The zero-order chi connectivity index (χ0) is 18.5. The van der Waals surface area contributed by atoms with Crippen LogP contribution in [0.3, 0.4) is 0 Å². The van der Waals surface area contributed by atoms with Gasteiger partial charge in [0.15, 0.2) is 0 Å². The minimum atomic E-state index is -0.158. The highest BCUT2D eigenvalue weighted by Crippen LogP contribution is 2.25. The maximum atomic E-state index is 12.6. The quantitative estimate of drug-likeness (QED) is 0.853. The second-order valence-electron chi connectivity index (χ2n) is 6.58. The van der Waals surface area contributed by atoms with Crippen LogP contribution in [0.5, 0.6) is 11.6 Å². The molecule has 1 aliphatic carbocycles. The third kappa shape index (κ3) is 4.67. The standard InChI is InChI=1S/C20H23ClN2O3/c1-13-3-10-19(22-12-13)26-16-7-5-15(6-8-16)23-20(24)17-11-14(21)4-9-18(17)25-2/h3-4,9-12,15-16H,5-8H2,1-2H3,(H,23,24). The fourth-order valence-electron chi connectivity index (χ4n) is 3.14. The average Bonchev–Trinajstić information content (AvgIpc) is 2.65. The number of nitrogens with one attached hydrogen (secondary N) is 1. The molecule has 1 saturated carbocycles. The van der Waals surface area contributed by atoms with Crippen LogP contribution in [0.25, 0.3) is 0 Å². The van der Waals surface area contributed by atoms with Gasteiger partial charge in [-0.05, 0) is 56.4 Å². The van der Waals surface area contributed by atoms with Gasteiger partial charge in [0.25, 0.3) is 5.91 Å². The number of benzene rings is 1. The maximum absolute atomic E-state index is 12.6. The molecule has 2 aromatic rings. The topological polar surface area (TPSA) is 60.5 Å². The number of amides is 1. The van der Waals surface area contributed by atoms with Crippen LogP contribution in [0.15, 0.2) is 36.5 Å². The summed E-state index contributed by atoms with van der Waals surface area (Å²) in [6.45, 7) is 2.00. The third-order valence-electron chi connectivity index (χ3n) is 4.59. The van der Waals surface area contributed by atoms with E-state index in [4.69, 9.17) is 21.1 Å². The molecule has 1 fully saturated rings. The Morgan fingerprint density at radius 1 is 1.19 bits per heavy atom. The number of methoxy groups -OCH3 is 1. The van der Waals surface area contributed by atoms with E-state index < -0.39 is 0 Å². The number of carbonyl (C=O) groups is 1. The largest absolute Gasteiger partial charge is 0.496 e. The molecule has 3 rings (SSSR count). The van der Waals surface area contributed by atoms with Gasteiger partial charge in [-0.3, -0.25) is 4.79 Å². The van der Waals surface area contributed by atoms with Crippen molar-refractivity contribution >= 4 is 17.5 Å². The third-order valence-corrected chi connectivity index (χ3v) is 4.82. The second kappa shape index (κ2) is 8.41. The minimum absolute atomic E-state index is 0.122. The first-order valence-electron chi connectivity index (χ1n) is 8.79. The molecule has 26 heavy (non-hydrogen) atoms. The Morgan fingerprint density at radius 3 is 2.62 bits per heavy atom. The number of hydrogen-bond donors (Lipinski definition) is 1. The van der Waals surface area contributed by atoms with Crippen LogP contribution in [0.2, 0.25) is 5.02 Å². The molecule has 1 aliphatic rings. The Bertz CT molecular complexity index is 756.